The fourth-order valence-electron chi connectivity index (χ4n) is 4.79. The zero-order valence-corrected chi connectivity index (χ0v) is 24.8. The Hall–Kier alpha value is -5.48. The number of benzene rings is 3. The molecular formula is C32H31O15+. The Morgan fingerprint density at radius 1 is 0.830 bits per heavy atom. The summed E-state index contributed by atoms with van der Waals surface area (Å²) in [5, 5.41) is 82.0. The van der Waals surface area contributed by atoms with Crippen molar-refractivity contribution in [2.45, 2.75) is 30.7 Å². The largest absolute Gasteiger partial charge is 0.507 e. The minimum absolute atomic E-state index is 0.00927. The lowest BCUT2D eigenvalue weighted by Crippen LogP contribution is -2.60. The molecule has 0 bridgehead atoms. The molecule has 1 fully saturated rings. The normalized spacial score (nSPS) is 21.1. The van der Waals surface area contributed by atoms with E-state index in [1.165, 1.54) is 62.8 Å². The maximum atomic E-state index is 12.4. The highest BCUT2D eigenvalue weighted by atomic mass is 16.7. The number of hydrogen-bond donors (Lipinski definition) is 8. The smallest absolute Gasteiger partial charge is 0.402 e. The molecule has 4 aromatic rings. The summed E-state index contributed by atoms with van der Waals surface area (Å²) in [5.41, 5.74) is 0.595. The lowest BCUT2D eigenvalue weighted by atomic mass is 9.99. The van der Waals surface area contributed by atoms with E-state index < -0.39 is 49.0 Å². The number of methoxy groups -OCH3 is 2. The van der Waals surface area contributed by atoms with E-state index in [0.717, 1.165) is 12.1 Å². The monoisotopic (exact) mass is 655 g/mol. The molecule has 15 heteroatoms. The fraction of sp³-hybridized carbons (Fsp3) is 0.250. The lowest BCUT2D eigenvalue weighted by Gasteiger charge is -2.39. The number of esters is 1. The Labute approximate surface area is 265 Å². The van der Waals surface area contributed by atoms with Crippen molar-refractivity contribution in [3.8, 4) is 57.3 Å². The molecule has 8 N–H and O–H groups in total. The van der Waals surface area contributed by atoms with E-state index in [1.807, 2.05) is 0 Å². The van der Waals surface area contributed by atoms with Crippen molar-refractivity contribution in [1.82, 2.24) is 0 Å². The summed E-state index contributed by atoms with van der Waals surface area (Å²) >= 11 is 0. The fourth-order valence-corrected chi connectivity index (χ4v) is 4.79. The number of ether oxygens (including phenoxy) is 5. The van der Waals surface area contributed by atoms with Crippen LogP contribution in [0.1, 0.15) is 5.56 Å². The highest BCUT2D eigenvalue weighted by molar-refractivity contribution is 5.89. The number of phenolic OH excluding ortho intramolecular Hbond substituents is 5. The Morgan fingerprint density at radius 2 is 1.53 bits per heavy atom. The number of phenols is 5. The molecule has 1 unspecified atom stereocenters. The van der Waals surface area contributed by atoms with Gasteiger partial charge in [0.1, 0.15) is 47.9 Å². The average Bonchev–Trinajstić information content (AvgIpc) is 3.05. The third-order valence-corrected chi connectivity index (χ3v) is 7.27. The summed E-state index contributed by atoms with van der Waals surface area (Å²) < 4.78 is 33.3. The van der Waals surface area contributed by atoms with E-state index in [2.05, 4.69) is 0 Å². The minimum Gasteiger partial charge on any atom is -0.507 e. The molecule has 1 aliphatic rings. The van der Waals surface area contributed by atoms with Crippen LogP contribution in [0.2, 0.25) is 0 Å². The molecule has 0 radical (unpaired) electrons. The molecule has 2 heterocycles. The van der Waals surface area contributed by atoms with Crippen molar-refractivity contribution >= 4 is 23.0 Å². The minimum atomic E-state index is -1.83. The van der Waals surface area contributed by atoms with Crippen molar-refractivity contribution in [3.05, 3.63) is 60.2 Å². The van der Waals surface area contributed by atoms with E-state index >= 15 is 0 Å². The van der Waals surface area contributed by atoms with Crippen molar-refractivity contribution < 1.29 is 73.7 Å². The van der Waals surface area contributed by atoms with Crippen molar-refractivity contribution in [2.75, 3.05) is 20.8 Å². The van der Waals surface area contributed by atoms with Gasteiger partial charge in [-0.1, -0.05) is 6.07 Å². The first-order chi connectivity index (χ1) is 22.4. The van der Waals surface area contributed by atoms with E-state index in [-0.39, 0.29) is 62.5 Å². The summed E-state index contributed by atoms with van der Waals surface area (Å²) in [5.74, 6) is -2.88. The molecule has 0 saturated carbocycles. The van der Waals surface area contributed by atoms with Gasteiger partial charge in [-0.2, -0.15) is 0 Å². The second-order valence-corrected chi connectivity index (χ2v) is 10.4. The van der Waals surface area contributed by atoms with Crippen molar-refractivity contribution in [2.24, 2.45) is 0 Å². The molecule has 3 aromatic carbocycles. The van der Waals surface area contributed by atoms with Crippen LogP contribution in [0.3, 0.4) is 0 Å². The van der Waals surface area contributed by atoms with Gasteiger partial charge in [-0.05, 0) is 23.8 Å². The third kappa shape index (κ3) is 6.87. The van der Waals surface area contributed by atoms with Gasteiger partial charge >= 0.3 is 17.3 Å². The van der Waals surface area contributed by atoms with E-state index in [4.69, 9.17) is 28.1 Å². The van der Waals surface area contributed by atoms with Crippen LogP contribution in [0.15, 0.2) is 59.0 Å². The molecule has 5 atom stereocenters. The van der Waals surface area contributed by atoms with Crippen LogP contribution in [0.4, 0.5) is 0 Å². The van der Waals surface area contributed by atoms with Crippen LogP contribution >= 0.6 is 0 Å². The summed E-state index contributed by atoms with van der Waals surface area (Å²) in [7, 11) is 2.62. The molecule has 1 aliphatic heterocycles. The van der Waals surface area contributed by atoms with Gasteiger partial charge < -0.3 is 64.5 Å². The number of aromatic hydroxyl groups is 5. The number of hydrogen-bond acceptors (Lipinski definition) is 14. The second kappa shape index (κ2) is 13.5. The number of aliphatic hydroxyl groups is 3. The molecule has 15 nitrogen and oxygen atoms in total. The molecule has 47 heavy (non-hydrogen) atoms. The maximum absolute atomic E-state index is 12.4. The predicted octanol–water partition coefficient (Wildman–Crippen LogP) is 2.37. The van der Waals surface area contributed by atoms with Gasteiger partial charge in [-0.3, -0.25) is 0 Å². The van der Waals surface area contributed by atoms with E-state index in [9.17, 15) is 45.6 Å². The van der Waals surface area contributed by atoms with Crippen LogP contribution in [0, 0.1) is 0 Å². The lowest BCUT2D eigenvalue weighted by molar-refractivity contribution is -0.278. The number of fused-ring (bicyclic) bond motifs is 1. The van der Waals surface area contributed by atoms with Gasteiger partial charge in [0.2, 0.25) is 17.8 Å². The summed E-state index contributed by atoms with van der Waals surface area (Å²) in [6, 6.07) is 10.2. The van der Waals surface area contributed by atoms with E-state index in [0.29, 0.717) is 5.56 Å². The average molecular weight is 656 g/mol. The molecular weight excluding hydrogens is 624 g/mol. The van der Waals surface area contributed by atoms with Gasteiger partial charge in [0.05, 0.1) is 25.8 Å². The Bertz CT molecular complexity index is 1800. The van der Waals surface area contributed by atoms with Gasteiger partial charge in [-0.15, -0.1) is 0 Å². The van der Waals surface area contributed by atoms with E-state index in [1.54, 1.807) is 0 Å². The molecule has 0 aliphatic carbocycles. The Kier molecular flexibility index (Phi) is 9.44. The molecule has 248 valence electrons. The van der Waals surface area contributed by atoms with Gasteiger partial charge in [0.15, 0.2) is 23.0 Å². The quantitative estimate of drug-likeness (QED) is 0.0559. The number of carbonyl (C=O) groups excluding carboxylic acids is 1. The first kappa shape index (κ1) is 32.9. The molecule has 0 spiro atoms. The predicted molar refractivity (Wildman–Crippen MR) is 161 cm³/mol. The molecule has 1 saturated heterocycles. The topological polar surface area (TPSA) is 236 Å². The maximum Gasteiger partial charge on any atom is 0.402 e. The van der Waals surface area contributed by atoms with Crippen LogP contribution in [-0.2, 0) is 14.3 Å². The second-order valence-electron chi connectivity index (χ2n) is 10.4. The summed E-state index contributed by atoms with van der Waals surface area (Å²) in [6.07, 6.45) is -6.14. The first-order valence-electron chi connectivity index (χ1n) is 13.9. The zero-order chi connectivity index (χ0) is 34.0. The van der Waals surface area contributed by atoms with Crippen LogP contribution in [-0.4, -0.2) is 98.4 Å². The van der Waals surface area contributed by atoms with Crippen molar-refractivity contribution in [3.63, 3.8) is 0 Å². The Balaban J connectivity index is 1.43. The number of rotatable bonds is 9. The van der Waals surface area contributed by atoms with Gasteiger partial charge in [0, 0.05) is 30.3 Å². The summed E-state index contributed by atoms with van der Waals surface area (Å²) in [4.78, 5) is 12.4. The standard InChI is InChI=1S/C32H30O15/c1-42-22-8-15(9-23(43-2)27(22)38)31-24(12-17-19(35)10-16(33)11-21(17)45-31)46-32-30(41)29(40)28(39)25(47-32)13-44-26(37)6-4-14-3-5-18(34)20(36)7-14/h3-12,25,28-30,32,39-41H,13H2,1-2H3,(H4-,33,34,35,36,37,38)/p+1/t25-,28+,29+,30-,32?/m1/s1. The number of aliphatic hydroxyl groups excluding tert-OH is 3. The van der Waals surface area contributed by atoms with Crippen LogP contribution in [0.5, 0.6) is 46.0 Å². The first-order valence-corrected chi connectivity index (χ1v) is 13.9. The molecule has 5 rings (SSSR count). The highest BCUT2D eigenvalue weighted by Crippen LogP contribution is 2.45. The van der Waals surface area contributed by atoms with Crippen molar-refractivity contribution in [1.29, 1.82) is 0 Å². The number of carbonyl (C=O) groups is 1. The van der Waals surface area contributed by atoms with Gasteiger partial charge in [0.25, 0.3) is 0 Å². The molecule has 0 amide bonds. The third-order valence-electron chi connectivity index (χ3n) is 7.27. The SMILES string of the molecule is COc1cc(-c2[o+]c3cc(O)cc(O)c3cc2OC2O[C@H](COC(=O)C=Cc3ccc(O)c(O)c3)[C@H](O)[C@H](O)[C@H]2O)cc(OC)c1O. The van der Waals surface area contributed by atoms with Gasteiger partial charge in [-0.25, -0.2) is 9.21 Å². The van der Waals surface area contributed by atoms with Crippen LogP contribution < -0.4 is 14.2 Å². The summed E-state index contributed by atoms with van der Waals surface area (Å²) in [6.45, 7) is -0.587. The zero-order valence-electron chi connectivity index (χ0n) is 24.8. The molecule has 1 aromatic heterocycles. The highest BCUT2D eigenvalue weighted by Gasteiger charge is 2.46. The Morgan fingerprint density at radius 3 is 2.19 bits per heavy atom. The van der Waals surface area contributed by atoms with Crippen LogP contribution in [0.25, 0.3) is 28.4 Å².